The molecule has 0 unspecified atom stereocenters. The van der Waals surface area contributed by atoms with Crippen LogP contribution in [0.25, 0.3) is 0 Å². The highest BCUT2D eigenvalue weighted by atomic mass is 16.4. The molecule has 4 heteroatoms. The van der Waals surface area contributed by atoms with Crippen LogP contribution in [0, 0.1) is 0 Å². The highest BCUT2D eigenvalue weighted by Crippen LogP contribution is 2.26. The smallest absolute Gasteiger partial charge is 0.408 e. The first-order valence-corrected chi connectivity index (χ1v) is 7.68. The van der Waals surface area contributed by atoms with Gasteiger partial charge in [0.2, 0.25) is 0 Å². The maximum Gasteiger partial charge on any atom is 0.408 e. The largest absolute Gasteiger partial charge is 0.465 e. The Morgan fingerprint density at radius 2 is 2.00 bits per heavy atom. The van der Waals surface area contributed by atoms with Gasteiger partial charge in [-0.05, 0) is 63.7 Å². The number of hydrogen-bond acceptors (Lipinski definition) is 2. The lowest BCUT2D eigenvalue weighted by atomic mass is 9.89. The Morgan fingerprint density at radius 1 is 1.33 bits per heavy atom. The first-order chi connectivity index (χ1) is 9.88. The lowest BCUT2D eigenvalue weighted by Crippen LogP contribution is -2.44. The van der Waals surface area contributed by atoms with Gasteiger partial charge in [0.05, 0.1) is 0 Å². The molecule has 0 aromatic heterocycles. The van der Waals surface area contributed by atoms with Crippen molar-refractivity contribution in [2.24, 2.45) is 0 Å². The molecule has 2 rings (SSSR count). The van der Waals surface area contributed by atoms with Crippen molar-refractivity contribution in [2.45, 2.75) is 51.6 Å². The summed E-state index contributed by atoms with van der Waals surface area (Å²) < 4.78 is 0. The fraction of sp³-hybridized carbons (Fsp3) is 0.588. The summed E-state index contributed by atoms with van der Waals surface area (Å²) in [6, 6.07) is 8.42. The van der Waals surface area contributed by atoms with Gasteiger partial charge in [-0.15, -0.1) is 0 Å². The van der Waals surface area contributed by atoms with E-state index in [0.717, 1.165) is 31.5 Å². The Morgan fingerprint density at radius 3 is 2.57 bits per heavy atom. The minimum absolute atomic E-state index is 0.392. The van der Waals surface area contributed by atoms with Crippen molar-refractivity contribution in [2.75, 3.05) is 13.1 Å². The zero-order valence-electron chi connectivity index (χ0n) is 13.2. The van der Waals surface area contributed by atoms with Crippen molar-refractivity contribution in [1.82, 2.24) is 10.2 Å². The molecule has 116 valence electrons. The summed E-state index contributed by atoms with van der Waals surface area (Å²) in [7, 11) is 0. The molecule has 1 aromatic rings. The normalized spacial score (nSPS) is 16.7. The van der Waals surface area contributed by atoms with E-state index in [-0.39, 0.29) is 0 Å². The van der Waals surface area contributed by atoms with Crippen molar-refractivity contribution in [3.8, 4) is 0 Å². The van der Waals surface area contributed by atoms with E-state index in [1.165, 1.54) is 10.5 Å². The van der Waals surface area contributed by atoms with E-state index in [1.807, 2.05) is 26.8 Å². The molecule has 0 radical (unpaired) electrons. The number of carbonyl (C=O) groups is 1. The van der Waals surface area contributed by atoms with E-state index < -0.39 is 11.6 Å². The quantitative estimate of drug-likeness (QED) is 0.896. The number of piperidine rings is 1. The molecule has 1 amide bonds. The van der Waals surface area contributed by atoms with Crippen molar-refractivity contribution in [3.63, 3.8) is 0 Å². The van der Waals surface area contributed by atoms with Crippen molar-refractivity contribution < 1.29 is 9.90 Å². The number of nitrogens with zero attached hydrogens (tertiary/aromatic N) is 1. The van der Waals surface area contributed by atoms with Gasteiger partial charge in [0, 0.05) is 12.1 Å². The van der Waals surface area contributed by atoms with Crippen molar-refractivity contribution in [3.05, 3.63) is 35.4 Å². The van der Waals surface area contributed by atoms with E-state index in [1.54, 1.807) is 0 Å². The highest BCUT2D eigenvalue weighted by molar-refractivity contribution is 5.66. The molecular weight excluding hydrogens is 264 g/mol. The van der Waals surface area contributed by atoms with E-state index in [9.17, 15) is 9.90 Å². The summed E-state index contributed by atoms with van der Waals surface area (Å²) >= 11 is 0. The third kappa shape index (κ3) is 4.21. The van der Waals surface area contributed by atoms with Crippen molar-refractivity contribution in [1.29, 1.82) is 0 Å². The SMILES string of the molecule is CC(C)(C)N(Cc1cccc(C2CCNCC2)c1)C(=O)O. The predicted molar refractivity (Wildman–Crippen MR) is 84.6 cm³/mol. The Labute approximate surface area is 127 Å². The maximum atomic E-state index is 11.5. The van der Waals surface area contributed by atoms with Gasteiger partial charge in [0.25, 0.3) is 0 Å². The van der Waals surface area contributed by atoms with Gasteiger partial charge in [0.15, 0.2) is 0 Å². The fourth-order valence-corrected chi connectivity index (χ4v) is 2.87. The Kier molecular flexibility index (Phi) is 4.88. The monoisotopic (exact) mass is 290 g/mol. The summed E-state index contributed by atoms with van der Waals surface area (Å²) in [5.74, 6) is 0.596. The second-order valence-corrected chi connectivity index (χ2v) is 6.81. The Bertz CT molecular complexity index is 488. The standard InChI is InChI=1S/C17H26N2O2/c1-17(2,3)19(16(20)21)12-13-5-4-6-15(11-13)14-7-9-18-10-8-14/h4-6,11,14,18H,7-10,12H2,1-3H3,(H,20,21). The average Bonchev–Trinajstić information content (AvgIpc) is 2.44. The fourth-order valence-electron chi connectivity index (χ4n) is 2.87. The lowest BCUT2D eigenvalue weighted by Gasteiger charge is -2.33. The van der Waals surface area contributed by atoms with Crippen LogP contribution in [0.15, 0.2) is 24.3 Å². The molecule has 0 atom stereocenters. The summed E-state index contributed by atoms with van der Waals surface area (Å²) in [5.41, 5.74) is 2.02. The average molecular weight is 290 g/mol. The van der Waals surface area contributed by atoms with Gasteiger partial charge in [0.1, 0.15) is 0 Å². The summed E-state index contributed by atoms with van der Waals surface area (Å²) in [6.45, 7) is 8.36. The van der Waals surface area contributed by atoms with Gasteiger partial charge >= 0.3 is 6.09 Å². The number of benzene rings is 1. The third-order valence-electron chi connectivity index (χ3n) is 4.14. The number of amides is 1. The molecule has 4 nitrogen and oxygen atoms in total. The van der Waals surface area contributed by atoms with Crippen molar-refractivity contribution >= 4 is 6.09 Å². The Hall–Kier alpha value is -1.55. The summed E-state index contributed by atoms with van der Waals surface area (Å²) in [4.78, 5) is 12.9. The van der Waals surface area contributed by atoms with Crippen LogP contribution in [-0.4, -0.2) is 34.7 Å². The number of carboxylic acid groups (broad SMARTS) is 1. The lowest BCUT2D eigenvalue weighted by molar-refractivity contribution is 0.0955. The van der Waals surface area contributed by atoms with Gasteiger partial charge in [-0.3, -0.25) is 4.90 Å². The highest BCUT2D eigenvalue weighted by Gasteiger charge is 2.26. The molecule has 1 aliphatic heterocycles. The van der Waals surface area contributed by atoms with E-state index in [0.29, 0.717) is 12.5 Å². The number of nitrogens with one attached hydrogen (secondary N) is 1. The van der Waals surface area contributed by atoms with Crippen LogP contribution in [0.1, 0.15) is 50.7 Å². The second kappa shape index (κ2) is 6.48. The molecule has 1 aliphatic rings. The molecule has 1 saturated heterocycles. The third-order valence-corrected chi connectivity index (χ3v) is 4.14. The molecule has 1 fully saturated rings. The molecule has 0 spiro atoms. The van der Waals surface area contributed by atoms with Crippen LogP contribution in [0.4, 0.5) is 4.79 Å². The predicted octanol–water partition coefficient (Wildman–Crippen LogP) is 3.43. The zero-order valence-corrected chi connectivity index (χ0v) is 13.2. The minimum Gasteiger partial charge on any atom is -0.465 e. The molecule has 1 aromatic carbocycles. The zero-order chi connectivity index (χ0) is 15.5. The molecule has 0 aliphatic carbocycles. The maximum absolute atomic E-state index is 11.5. The minimum atomic E-state index is -0.866. The van der Waals surface area contributed by atoms with E-state index >= 15 is 0 Å². The van der Waals surface area contributed by atoms with Crippen LogP contribution in [0.2, 0.25) is 0 Å². The van der Waals surface area contributed by atoms with Crippen LogP contribution < -0.4 is 5.32 Å². The van der Waals surface area contributed by atoms with Gasteiger partial charge in [-0.1, -0.05) is 24.3 Å². The van der Waals surface area contributed by atoms with Gasteiger partial charge in [-0.2, -0.15) is 0 Å². The van der Waals surface area contributed by atoms with Crippen LogP contribution in [0.3, 0.4) is 0 Å². The van der Waals surface area contributed by atoms with Gasteiger partial charge < -0.3 is 10.4 Å². The number of rotatable bonds is 3. The summed E-state index contributed by atoms with van der Waals surface area (Å²) in [6.07, 6.45) is 1.45. The van der Waals surface area contributed by atoms with E-state index in [2.05, 4.69) is 23.5 Å². The number of hydrogen-bond donors (Lipinski definition) is 2. The topological polar surface area (TPSA) is 52.6 Å². The molecule has 2 N–H and O–H groups in total. The second-order valence-electron chi connectivity index (χ2n) is 6.81. The van der Waals surface area contributed by atoms with Crippen LogP contribution in [-0.2, 0) is 6.54 Å². The first kappa shape index (κ1) is 15.8. The molecule has 0 bridgehead atoms. The summed E-state index contributed by atoms with van der Waals surface area (Å²) in [5, 5.41) is 12.8. The van der Waals surface area contributed by atoms with E-state index in [4.69, 9.17) is 0 Å². The molecule has 1 heterocycles. The Balaban J connectivity index is 2.14. The van der Waals surface area contributed by atoms with Crippen LogP contribution in [0.5, 0.6) is 0 Å². The molecular formula is C17H26N2O2. The molecule has 0 saturated carbocycles. The molecule has 21 heavy (non-hydrogen) atoms. The first-order valence-electron chi connectivity index (χ1n) is 7.68. The van der Waals surface area contributed by atoms with Gasteiger partial charge in [-0.25, -0.2) is 4.79 Å². The van der Waals surface area contributed by atoms with Crippen LogP contribution >= 0.6 is 0 Å².